The van der Waals surface area contributed by atoms with E-state index >= 15 is 0 Å². The molecule has 0 unspecified atom stereocenters. The molecule has 0 aromatic heterocycles. The standard InChI is InChI=1S/C16H18N2O6/c1-9(15(17)20)24-16(21)10-6-14(19)18(8-10)11-2-3-12-13(7-11)23-5-4-22-12/h2-3,7,9-10H,4-6,8H2,1H3,(H2,17,20)/t9-,10+/m0/s1. The molecule has 1 fully saturated rings. The fourth-order valence-electron chi connectivity index (χ4n) is 2.64. The number of nitrogens with zero attached hydrogens (tertiary/aromatic N) is 1. The fraction of sp³-hybridized carbons (Fsp3) is 0.438. The van der Waals surface area contributed by atoms with Crippen LogP contribution < -0.4 is 20.1 Å². The Bertz CT molecular complexity index is 689. The van der Waals surface area contributed by atoms with Crippen LogP contribution in [0.4, 0.5) is 5.69 Å². The number of hydrogen-bond acceptors (Lipinski definition) is 6. The number of fused-ring (bicyclic) bond motifs is 1. The molecule has 3 rings (SSSR count). The van der Waals surface area contributed by atoms with E-state index in [9.17, 15) is 14.4 Å². The van der Waals surface area contributed by atoms with Crippen molar-refractivity contribution in [1.82, 2.24) is 0 Å². The molecule has 0 radical (unpaired) electrons. The van der Waals surface area contributed by atoms with Crippen LogP contribution in [0, 0.1) is 5.92 Å². The largest absolute Gasteiger partial charge is 0.486 e. The van der Waals surface area contributed by atoms with E-state index in [1.807, 2.05) is 0 Å². The highest BCUT2D eigenvalue weighted by molar-refractivity contribution is 6.00. The Hall–Kier alpha value is -2.77. The zero-order valence-electron chi connectivity index (χ0n) is 13.2. The second kappa shape index (κ2) is 6.38. The Morgan fingerprint density at radius 2 is 2.00 bits per heavy atom. The van der Waals surface area contributed by atoms with Crippen LogP contribution in [0.3, 0.4) is 0 Å². The second-order valence-electron chi connectivity index (χ2n) is 5.71. The quantitative estimate of drug-likeness (QED) is 0.790. The number of hydrogen-bond donors (Lipinski definition) is 1. The van der Waals surface area contributed by atoms with Gasteiger partial charge in [-0.25, -0.2) is 0 Å². The molecule has 2 amide bonds. The molecule has 2 aliphatic heterocycles. The molecule has 8 nitrogen and oxygen atoms in total. The Labute approximate surface area is 138 Å². The van der Waals surface area contributed by atoms with Crippen molar-refractivity contribution in [2.75, 3.05) is 24.7 Å². The van der Waals surface area contributed by atoms with Crippen molar-refractivity contribution >= 4 is 23.5 Å². The van der Waals surface area contributed by atoms with E-state index in [-0.39, 0.29) is 18.9 Å². The molecule has 0 spiro atoms. The van der Waals surface area contributed by atoms with Crippen LogP contribution in [-0.4, -0.2) is 43.6 Å². The van der Waals surface area contributed by atoms with E-state index in [0.717, 1.165) is 0 Å². The third-order valence-corrected chi connectivity index (χ3v) is 3.99. The molecule has 2 heterocycles. The highest BCUT2D eigenvalue weighted by Crippen LogP contribution is 2.36. The second-order valence-corrected chi connectivity index (χ2v) is 5.71. The lowest BCUT2D eigenvalue weighted by Gasteiger charge is -2.22. The van der Waals surface area contributed by atoms with Crippen LogP contribution >= 0.6 is 0 Å². The van der Waals surface area contributed by atoms with Gasteiger partial charge in [0.2, 0.25) is 5.91 Å². The van der Waals surface area contributed by atoms with Gasteiger partial charge in [-0.3, -0.25) is 14.4 Å². The zero-order valence-corrected chi connectivity index (χ0v) is 13.2. The molecule has 0 saturated carbocycles. The lowest BCUT2D eigenvalue weighted by molar-refractivity contribution is -0.157. The van der Waals surface area contributed by atoms with E-state index in [4.69, 9.17) is 19.9 Å². The summed E-state index contributed by atoms with van der Waals surface area (Å²) in [4.78, 5) is 36.8. The molecule has 2 atom stereocenters. The third-order valence-electron chi connectivity index (χ3n) is 3.99. The number of primary amides is 1. The minimum Gasteiger partial charge on any atom is -0.486 e. The van der Waals surface area contributed by atoms with E-state index in [2.05, 4.69) is 0 Å². The van der Waals surface area contributed by atoms with E-state index in [1.165, 1.54) is 11.8 Å². The average Bonchev–Trinajstić information content (AvgIpc) is 2.96. The Kier molecular flexibility index (Phi) is 4.28. The molecular formula is C16H18N2O6. The minimum atomic E-state index is -1.02. The predicted octanol–water partition coefficient (Wildman–Crippen LogP) is 0.228. The fourth-order valence-corrected chi connectivity index (χ4v) is 2.64. The third kappa shape index (κ3) is 3.12. The number of ether oxygens (including phenoxy) is 3. The van der Waals surface area contributed by atoms with Crippen LogP contribution in [-0.2, 0) is 19.1 Å². The summed E-state index contributed by atoms with van der Waals surface area (Å²) in [6.45, 7) is 2.52. The monoisotopic (exact) mass is 334 g/mol. The van der Waals surface area contributed by atoms with Crippen molar-refractivity contribution < 1.29 is 28.6 Å². The van der Waals surface area contributed by atoms with Crippen LogP contribution in [0.1, 0.15) is 13.3 Å². The van der Waals surface area contributed by atoms with Crippen molar-refractivity contribution in [1.29, 1.82) is 0 Å². The van der Waals surface area contributed by atoms with Crippen LogP contribution in [0.25, 0.3) is 0 Å². The van der Waals surface area contributed by atoms with Gasteiger partial charge in [-0.15, -0.1) is 0 Å². The van der Waals surface area contributed by atoms with Crippen LogP contribution in [0.5, 0.6) is 11.5 Å². The molecule has 1 aromatic carbocycles. The minimum absolute atomic E-state index is 0.0265. The Morgan fingerprint density at radius 3 is 2.71 bits per heavy atom. The summed E-state index contributed by atoms with van der Waals surface area (Å²) in [6.07, 6.45) is -0.991. The van der Waals surface area contributed by atoms with Gasteiger partial charge in [0.15, 0.2) is 17.6 Å². The summed E-state index contributed by atoms with van der Waals surface area (Å²) in [5, 5.41) is 0. The van der Waals surface area contributed by atoms with Gasteiger partial charge in [-0.05, 0) is 19.1 Å². The van der Waals surface area contributed by atoms with Crippen molar-refractivity contribution in [2.24, 2.45) is 11.7 Å². The SMILES string of the molecule is C[C@H](OC(=O)[C@@H]1CC(=O)N(c2ccc3c(c2)OCCO3)C1)C(N)=O. The molecule has 2 aliphatic rings. The van der Waals surface area contributed by atoms with Crippen molar-refractivity contribution in [3.63, 3.8) is 0 Å². The molecule has 0 bridgehead atoms. The lowest BCUT2D eigenvalue weighted by atomic mass is 10.1. The summed E-state index contributed by atoms with van der Waals surface area (Å²) in [7, 11) is 0. The Morgan fingerprint density at radius 1 is 1.29 bits per heavy atom. The summed E-state index contributed by atoms with van der Waals surface area (Å²) in [5.41, 5.74) is 5.70. The molecule has 128 valence electrons. The van der Waals surface area contributed by atoms with Gasteiger partial charge in [0.1, 0.15) is 13.2 Å². The van der Waals surface area contributed by atoms with Gasteiger partial charge in [-0.1, -0.05) is 0 Å². The van der Waals surface area contributed by atoms with Gasteiger partial charge < -0.3 is 24.8 Å². The number of carbonyl (C=O) groups excluding carboxylic acids is 3. The summed E-state index contributed by atoms with van der Waals surface area (Å²) < 4.78 is 15.9. The summed E-state index contributed by atoms with van der Waals surface area (Å²) in [5.74, 6) is -0.957. The van der Waals surface area contributed by atoms with Gasteiger partial charge in [0.05, 0.1) is 5.92 Å². The molecule has 8 heteroatoms. The number of rotatable bonds is 4. The predicted molar refractivity (Wildman–Crippen MR) is 82.6 cm³/mol. The maximum absolute atomic E-state index is 12.2. The van der Waals surface area contributed by atoms with Crippen molar-refractivity contribution in [3.8, 4) is 11.5 Å². The first-order valence-corrected chi connectivity index (χ1v) is 7.65. The normalized spacial score (nSPS) is 20.6. The zero-order chi connectivity index (χ0) is 17.3. The number of nitrogens with two attached hydrogens (primary N) is 1. The first kappa shape index (κ1) is 16.1. The molecule has 2 N–H and O–H groups in total. The average molecular weight is 334 g/mol. The van der Waals surface area contributed by atoms with Gasteiger partial charge >= 0.3 is 5.97 Å². The first-order valence-electron chi connectivity index (χ1n) is 7.65. The number of esters is 1. The van der Waals surface area contributed by atoms with Gasteiger partial charge in [0, 0.05) is 24.7 Å². The van der Waals surface area contributed by atoms with E-state index < -0.39 is 23.9 Å². The van der Waals surface area contributed by atoms with Crippen molar-refractivity contribution in [2.45, 2.75) is 19.4 Å². The maximum Gasteiger partial charge on any atom is 0.312 e. The lowest BCUT2D eigenvalue weighted by Crippen LogP contribution is -2.33. The molecule has 1 aromatic rings. The first-order chi connectivity index (χ1) is 11.5. The topological polar surface area (TPSA) is 108 Å². The number of amides is 2. The maximum atomic E-state index is 12.2. The summed E-state index contributed by atoms with van der Waals surface area (Å²) in [6, 6.07) is 5.19. The molecular weight excluding hydrogens is 316 g/mol. The molecule has 1 saturated heterocycles. The highest BCUT2D eigenvalue weighted by atomic mass is 16.6. The van der Waals surface area contributed by atoms with Crippen molar-refractivity contribution in [3.05, 3.63) is 18.2 Å². The molecule has 0 aliphatic carbocycles. The number of anilines is 1. The van der Waals surface area contributed by atoms with E-state index in [0.29, 0.717) is 30.4 Å². The summed E-state index contributed by atoms with van der Waals surface area (Å²) >= 11 is 0. The Balaban J connectivity index is 1.71. The number of carbonyl (C=O) groups is 3. The number of benzene rings is 1. The highest BCUT2D eigenvalue weighted by Gasteiger charge is 2.37. The van der Waals surface area contributed by atoms with Crippen LogP contribution in [0.2, 0.25) is 0 Å². The smallest absolute Gasteiger partial charge is 0.312 e. The van der Waals surface area contributed by atoms with Gasteiger partial charge in [-0.2, -0.15) is 0 Å². The van der Waals surface area contributed by atoms with Gasteiger partial charge in [0.25, 0.3) is 5.91 Å². The molecule has 24 heavy (non-hydrogen) atoms. The van der Waals surface area contributed by atoms with Crippen LogP contribution in [0.15, 0.2) is 18.2 Å². The van der Waals surface area contributed by atoms with E-state index in [1.54, 1.807) is 18.2 Å².